The Morgan fingerprint density at radius 2 is 2.08 bits per heavy atom. The Labute approximate surface area is 149 Å². The van der Waals surface area contributed by atoms with E-state index in [-0.39, 0.29) is 17.8 Å². The molecule has 0 spiro atoms. The fraction of sp³-hybridized carbons (Fsp3) is 0.333. The number of amides is 1. The Balaban J connectivity index is 1.34. The Morgan fingerprint density at radius 1 is 1.19 bits per heavy atom. The first kappa shape index (κ1) is 15.2. The van der Waals surface area contributed by atoms with Crippen molar-refractivity contribution < 1.29 is 9.18 Å². The number of hydrogen-bond donors (Lipinski definition) is 0. The van der Waals surface area contributed by atoms with Gasteiger partial charge in [-0.2, -0.15) is 5.10 Å². The maximum absolute atomic E-state index is 13.6. The monoisotopic (exact) mass is 352 g/mol. The van der Waals surface area contributed by atoms with Gasteiger partial charge in [0.1, 0.15) is 18.0 Å². The summed E-state index contributed by atoms with van der Waals surface area (Å²) in [4.78, 5) is 24.3. The third-order valence-corrected chi connectivity index (χ3v) is 5.09. The lowest BCUT2D eigenvalue weighted by molar-refractivity contribution is -0.117. The van der Waals surface area contributed by atoms with E-state index in [0.29, 0.717) is 6.42 Å². The molecule has 2 aliphatic heterocycles. The summed E-state index contributed by atoms with van der Waals surface area (Å²) in [6.45, 7) is 2.23. The van der Waals surface area contributed by atoms with Crippen LogP contribution in [0.1, 0.15) is 18.9 Å². The number of benzene rings is 1. The summed E-state index contributed by atoms with van der Waals surface area (Å²) in [7, 11) is 0. The summed E-state index contributed by atoms with van der Waals surface area (Å²) in [6.07, 6.45) is 6.70. The zero-order valence-electron chi connectivity index (χ0n) is 14.0. The molecule has 1 amide bonds. The molecule has 5 rings (SSSR count). The first-order chi connectivity index (χ1) is 12.7. The molecule has 2 aliphatic rings. The van der Waals surface area contributed by atoms with Gasteiger partial charge in [-0.3, -0.25) is 9.48 Å². The van der Waals surface area contributed by atoms with E-state index in [4.69, 9.17) is 0 Å². The highest BCUT2D eigenvalue weighted by atomic mass is 19.1. The van der Waals surface area contributed by atoms with Crippen molar-refractivity contribution in [3.63, 3.8) is 0 Å². The zero-order chi connectivity index (χ0) is 17.7. The highest BCUT2D eigenvalue weighted by Gasteiger charge is 2.32. The van der Waals surface area contributed by atoms with Crippen molar-refractivity contribution in [3.8, 4) is 0 Å². The molecule has 4 heterocycles. The molecule has 26 heavy (non-hydrogen) atoms. The van der Waals surface area contributed by atoms with Crippen LogP contribution in [0.25, 0.3) is 10.9 Å². The van der Waals surface area contributed by atoms with Gasteiger partial charge in [-0.05, 0) is 24.6 Å². The minimum atomic E-state index is -0.294. The average Bonchev–Trinajstić information content (AvgIpc) is 3.23. The SMILES string of the molecule is O=C1CCCN1c1cnn(C2CN(c3ncnc4ccc(F)cc34)C2)c1. The van der Waals surface area contributed by atoms with Crippen LogP contribution in [-0.4, -0.2) is 45.3 Å². The normalized spacial score (nSPS) is 18.0. The molecule has 2 fully saturated rings. The third-order valence-electron chi connectivity index (χ3n) is 5.09. The summed E-state index contributed by atoms with van der Waals surface area (Å²) < 4.78 is 15.5. The molecule has 3 aromatic rings. The molecular formula is C18H17FN6O. The highest BCUT2D eigenvalue weighted by molar-refractivity contribution is 5.95. The van der Waals surface area contributed by atoms with Crippen molar-refractivity contribution in [2.45, 2.75) is 18.9 Å². The number of hydrogen-bond acceptors (Lipinski definition) is 5. The Bertz CT molecular complexity index is 996. The van der Waals surface area contributed by atoms with Crippen molar-refractivity contribution >= 4 is 28.3 Å². The molecule has 0 bridgehead atoms. The number of rotatable bonds is 3. The van der Waals surface area contributed by atoms with E-state index in [1.165, 1.54) is 18.5 Å². The molecule has 1 aromatic carbocycles. The van der Waals surface area contributed by atoms with E-state index in [1.54, 1.807) is 17.2 Å². The molecule has 0 N–H and O–H groups in total. The number of halogens is 1. The van der Waals surface area contributed by atoms with E-state index in [9.17, 15) is 9.18 Å². The topological polar surface area (TPSA) is 67.2 Å². The van der Waals surface area contributed by atoms with Gasteiger partial charge < -0.3 is 9.80 Å². The molecule has 0 atom stereocenters. The number of anilines is 2. The first-order valence-electron chi connectivity index (χ1n) is 8.69. The lowest BCUT2D eigenvalue weighted by Gasteiger charge is -2.40. The predicted molar refractivity (Wildman–Crippen MR) is 94.6 cm³/mol. The van der Waals surface area contributed by atoms with E-state index >= 15 is 0 Å². The number of carbonyl (C=O) groups excluding carboxylic acids is 1. The molecule has 8 heteroatoms. The van der Waals surface area contributed by atoms with Crippen LogP contribution in [0.5, 0.6) is 0 Å². The summed E-state index contributed by atoms with van der Waals surface area (Å²) >= 11 is 0. The molecule has 0 saturated carbocycles. The maximum atomic E-state index is 13.6. The van der Waals surface area contributed by atoms with Crippen molar-refractivity contribution in [3.05, 3.63) is 42.7 Å². The standard InChI is InChI=1S/C18H17FN6O/c19-12-3-4-16-15(6-12)18(21-11-20-16)23-8-14(9-23)25-10-13(7-22-25)24-5-1-2-17(24)26/h3-4,6-7,10-11,14H,1-2,5,8-9H2. The van der Waals surface area contributed by atoms with Crippen LogP contribution >= 0.6 is 0 Å². The molecule has 0 unspecified atom stereocenters. The molecule has 132 valence electrons. The van der Waals surface area contributed by atoms with Gasteiger partial charge in [-0.25, -0.2) is 14.4 Å². The third kappa shape index (κ3) is 2.40. The van der Waals surface area contributed by atoms with Crippen LogP contribution < -0.4 is 9.80 Å². The Kier molecular flexibility index (Phi) is 3.37. The summed E-state index contributed by atoms with van der Waals surface area (Å²) in [6, 6.07) is 4.76. The second-order valence-electron chi connectivity index (χ2n) is 6.75. The highest BCUT2D eigenvalue weighted by Crippen LogP contribution is 2.32. The van der Waals surface area contributed by atoms with Crippen LogP contribution in [0.3, 0.4) is 0 Å². The van der Waals surface area contributed by atoms with Crippen LogP contribution in [0.4, 0.5) is 15.9 Å². The fourth-order valence-corrected chi connectivity index (χ4v) is 3.65. The number of fused-ring (bicyclic) bond motifs is 1. The molecule has 0 radical (unpaired) electrons. The Morgan fingerprint density at radius 3 is 2.88 bits per heavy atom. The van der Waals surface area contributed by atoms with Crippen LogP contribution in [0.15, 0.2) is 36.9 Å². The lowest BCUT2D eigenvalue weighted by Crippen LogP contribution is -2.48. The van der Waals surface area contributed by atoms with Crippen molar-refractivity contribution in [1.82, 2.24) is 19.7 Å². The van der Waals surface area contributed by atoms with Gasteiger partial charge in [0.25, 0.3) is 0 Å². The van der Waals surface area contributed by atoms with Gasteiger partial charge in [0.05, 0.1) is 23.4 Å². The molecule has 0 aliphatic carbocycles. The number of aromatic nitrogens is 4. The predicted octanol–water partition coefficient (Wildman–Crippen LogP) is 2.15. The van der Waals surface area contributed by atoms with E-state index in [1.807, 2.05) is 10.9 Å². The molecular weight excluding hydrogens is 335 g/mol. The second kappa shape index (κ2) is 5.76. The van der Waals surface area contributed by atoms with Gasteiger partial charge in [0.2, 0.25) is 5.91 Å². The average molecular weight is 352 g/mol. The van der Waals surface area contributed by atoms with Gasteiger partial charge in [0.15, 0.2) is 0 Å². The van der Waals surface area contributed by atoms with Gasteiger partial charge in [0, 0.05) is 37.6 Å². The van der Waals surface area contributed by atoms with Gasteiger partial charge in [-0.1, -0.05) is 0 Å². The van der Waals surface area contributed by atoms with E-state index < -0.39 is 0 Å². The zero-order valence-corrected chi connectivity index (χ0v) is 14.0. The first-order valence-corrected chi connectivity index (χ1v) is 8.69. The summed E-state index contributed by atoms with van der Waals surface area (Å²) in [5.74, 6) is 0.611. The maximum Gasteiger partial charge on any atom is 0.227 e. The smallest absolute Gasteiger partial charge is 0.227 e. The fourth-order valence-electron chi connectivity index (χ4n) is 3.65. The summed E-state index contributed by atoms with van der Waals surface area (Å²) in [5.41, 5.74) is 1.59. The minimum Gasteiger partial charge on any atom is -0.352 e. The van der Waals surface area contributed by atoms with Crippen LogP contribution in [0, 0.1) is 5.82 Å². The molecule has 2 saturated heterocycles. The quantitative estimate of drug-likeness (QED) is 0.723. The second-order valence-corrected chi connectivity index (χ2v) is 6.75. The largest absolute Gasteiger partial charge is 0.352 e. The van der Waals surface area contributed by atoms with Crippen molar-refractivity contribution in [2.24, 2.45) is 0 Å². The van der Waals surface area contributed by atoms with E-state index in [0.717, 1.165) is 48.5 Å². The van der Waals surface area contributed by atoms with Crippen molar-refractivity contribution in [1.29, 1.82) is 0 Å². The van der Waals surface area contributed by atoms with Gasteiger partial charge in [-0.15, -0.1) is 0 Å². The van der Waals surface area contributed by atoms with Gasteiger partial charge >= 0.3 is 0 Å². The molecule has 7 nitrogen and oxygen atoms in total. The van der Waals surface area contributed by atoms with Crippen molar-refractivity contribution in [2.75, 3.05) is 29.4 Å². The van der Waals surface area contributed by atoms with Crippen LogP contribution in [0.2, 0.25) is 0 Å². The Hall–Kier alpha value is -3.03. The van der Waals surface area contributed by atoms with E-state index in [2.05, 4.69) is 20.0 Å². The molecule has 2 aromatic heterocycles. The number of carbonyl (C=O) groups is 1. The lowest BCUT2D eigenvalue weighted by atomic mass is 10.1. The minimum absolute atomic E-state index is 0.161. The summed E-state index contributed by atoms with van der Waals surface area (Å²) in [5, 5.41) is 5.14. The van der Waals surface area contributed by atoms with Crippen LogP contribution in [-0.2, 0) is 4.79 Å². The number of nitrogens with zero attached hydrogens (tertiary/aromatic N) is 6.